The van der Waals surface area contributed by atoms with Crippen LogP contribution < -0.4 is 10.6 Å². The number of hydrogen-bond acceptors (Lipinski definition) is 2. The van der Waals surface area contributed by atoms with Crippen LogP contribution in [-0.4, -0.2) is 36.0 Å². The smallest absolute Gasteiger partial charge is 0.315 e. The Morgan fingerprint density at radius 3 is 2.52 bits per heavy atom. The first-order chi connectivity index (χ1) is 10.0. The third kappa shape index (κ3) is 5.63. The Morgan fingerprint density at radius 1 is 1.29 bits per heavy atom. The van der Waals surface area contributed by atoms with Crippen molar-refractivity contribution in [1.82, 2.24) is 15.5 Å². The molecule has 21 heavy (non-hydrogen) atoms. The van der Waals surface area contributed by atoms with E-state index < -0.39 is 0 Å². The number of amides is 3. The number of benzene rings is 1. The van der Waals surface area contributed by atoms with Crippen molar-refractivity contribution in [3.63, 3.8) is 0 Å². The molecule has 2 rings (SSSR count). The van der Waals surface area contributed by atoms with E-state index in [4.69, 9.17) is 11.6 Å². The molecule has 1 aliphatic rings. The van der Waals surface area contributed by atoms with Gasteiger partial charge in [-0.2, -0.15) is 0 Å². The Hall–Kier alpha value is -1.75. The topological polar surface area (TPSA) is 61.4 Å². The lowest BCUT2D eigenvalue weighted by Crippen LogP contribution is -2.42. The molecule has 0 aliphatic heterocycles. The number of nitrogens with zero attached hydrogens (tertiary/aromatic N) is 1. The minimum Gasteiger partial charge on any atom is -0.337 e. The number of nitrogens with one attached hydrogen (secondary N) is 2. The highest BCUT2D eigenvalue weighted by Crippen LogP contribution is 2.18. The third-order valence-corrected chi connectivity index (χ3v) is 3.56. The summed E-state index contributed by atoms with van der Waals surface area (Å²) in [5, 5.41) is 6.29. The molecule has 1 aromatic rings. The summed E-state index contributed by atoms with van der Waals surface area (Å²) < 4.78 is 0. The molecule has 1 aliphatic carbocycles. The summed E-state index contributed by atoms with van der Waals surface area (Å²) in [6, 6.07) is 7.57. The second kappa shape index (κ2) is 7.31. The molecule has 114 valence electrons. The predicted molar refractivity (Wildman–Crippen MR) is 82.1 cm³/mol. The van der Waals surface area contributed by atoms with E-state index in [9.17, 15) is 9.59 Å². The molecular weight excluding hydrogens is 290 g/mol. The van der Waals surface area contributed by atoms with Crippen molar-refractivity contribution in [2.45, 2.75) is 32.4 Å². The van der Waals surface area contributed by atoms with Gasteiger partial charge in [0, 0.05) is 37.6 Å². The number of carbonyl (C=O) groups excluding carboxylic acids is 2. The summed E-state index contributed by atoms with van der Waals surface area (Å²) in [6.07, 6.45) is 2.12. The Balaban J connectivity index is 1.77. The molecule has 0 heterocycles. The van der Waals surface area contributed by atoms with Gasteiger partial charge in [0.2, 0.25) is 5.91 Å². The second-order valence-electron chi connectivity index (χ2n) is 5.24. The van der Waals surface area contributed by atoms with Crippen LogP contribution in [0.5, 0.6) is 0 Å². The molecule has 1 saturated carbocycles. The zero-order valence-corrected chi connectivity index (χ0v) is 12.8. The predicted octanol–water partition coefficient (Wildman–Crippen LogP) is 2.15. The summed E-state index contributed by atoms with van der Waals surface area (Å²) in [5.74, 6) is -0.0191. The highest BCUT2D eigenvalue weighted by molar-refractivity contribution is 6.30. The van der Waals surface area contributed by atoms with Gasteiger partial charge in [-0.15, -0.1) is 0 Å². The molecule has 0 atom stereocenters. The molecular formula is C15H20ClN3O2. The molecule has 0 radical (unpaired) electrons. The fourth-order valence-electron chi connectivity index (χ4n) is 1.93. The van der Waals surface area contributed by atoms with Crippen molar-refractivity contribution in [2.75, 3.05) is 13.1 Å². The van der Waals surface area contributed by atoms with E-state index in [1.54, 1.807) is 17.0 Å². The van der Waals surface area contributed by atoms with Gasteiger partial charge < -0.3 is 15.5 Å². The summed E-state index contributed by atoms with van der Waals surface area (Å²) in [6.45, 7) is 2.96. The van der Waals surface area contributed by atoms with Crippen molar-refractivity contribution >= 4 is 23.5 Å². The first-order valence-corrected chi connectivity index (χ1v) is 7.46. The largest absolute Gasteiger partial charge is 0.337 e. The highest BCUT2D eigenvalue weighted by atomic mass is 35.5. The fourth-order valence-corrected chi connectivity index (χ4v) is 2.05. The Bertz CT molecular complexity index is 500. The normalized spacial score (nSPS) is 13.6. The van der Waals surface area contributed by atoms with Crippen molar-refractivity contribution in [1.29, 1.82) is 0 Å². The Kier molecular flexibility index (Phi) is 5.44. The lowest BCUT2D eigenvalue weighted by Gasteiger charge is -2.21. The molecule has 6 heteroatoms. The minimum absolute atomic E-state index is 0.0191. The molecule has 0 saturated heterocycles. The van der Waals surface area contributed by atoms with Gasteiger partial charge in [-0.05, 0) is 30.5 Å². The molecule has 0 aromatic heterocycles. The van der Waals surface area contributed by atoms with E-state index in [0.717, 1.165) is 18.4 Å². The molecule has 0 spiro atoms. The van der Waals surface area contributed by atoms with Crippen molar-refractivity contribution in [2.24, 2.45) is 0 Å². The summed E-state index contributed by atoms with van der Waals surface area (Å²) >= 11 is 5.84. The zero-order chi connectivity index (χ0) is 15.2. The maximum Gasteiger partial charge on any atom is 0.315 e. The van der Waals surface area contributed by atoms with Crippen LogP contribution >= 0.6 is 11.6 Å². The highest BCUT2D eigenvalue weighted by Gasteiger charge is 2.23. The molecule has 3 amide bonds. The lowest BCUT2D eigenvalue weighted by atomic mass is 10.2. The summed E-state index contributed by atoms with van der Waals surface area (Å²) in [4.78, 5) is 24.8. The number of rotatable bonds is 6. The minimum atomic E-state index is -0.160. The van der Waals surface area contributed by atoms with Crippen LogP contribution in [0.3, 0.4) is 0 Å². The first kappa shape index (κ1) is 15.6. The maximum atomic E-state index is 11.7. The van der Waals surface area contributed by atoms with Gasteiger partial charge in [-0.3, -0.25) is 4.79 Å². The summed E-state index contributed by atoms with van der Waals surface area (Å²) in [7, 11) is 0. The number of urea groups is 1. The maximum absolute atomic E-state index is 11.7. The van der Waals surface area contributed by atoms with Crippen LogP contribution in [0.4, 0.5) is 4.79 Å². The van der Waals surface area contributed by atoms with E-state index >= 15 is 0 Å². The lowest BCUT2D eigenvalue weighted by molar-refractivity contribution is -0.129. The third-order valence-electron chi connectivity index (χ3n) is 3.31. The van der Waals surface area contributed by atoms with Gasteiger partial charge in [0.15, 0.2) is 0 Å². The second-order valence-corrected chi connectivity index (χ2v) is 5.68. The van der Waals surface area contributed by atoms with Gasteiger partial charge in [0.25, 0.3) is 0 Å². The zero-order valence-electron chi connectivity index (χ0n) is 12.1. The van der Waals surface area contributed by atoms with Crippen LogP contribution in [0.25, 0.3) is 0 Å². The van der Waals surface area contributed by atoms with Gasteiger partial charge in [0.05, 0.1) is 0 Å². The monoisotopic (exact) mass is 309 g/mol. The van der Waals surface area contributed by atoms with Crippen LogP contribution in [0, 0.1) is 0 Å². The van der Waals surface area contributed by atoms with Crippen molar-refractivity contribution < 1.29 is 9.59 Å². The number of hydrogen-bond donors (Lipinski definition) is 2. The molecule has 2 N–H and O–H groups in total. The molecule has 5 nitrogen and oxygen atoms in total. The molecule has 0 unspecified atom stereocenters. The SMILES string of the molecule is CC(=O)N(CCNC(=O)NC1CC1)Cc1ccc(Cl)cc1. The number of halogens is 1. The average molecular weight is 310 g/mol. The molecule has 1 fully saturated rings. The first-order valence-electron chi connectivity index (χ1n) is 7.09. The summed E-state index contributed by atoms with van der Waals surface area (Å²) in [5.41, 5.74) is 1.01. The molecule has 0 bridgehead atoms. The van der Waals surface area contributed by atoms with E-state index in [1.807, 2.05) is 12.1 Å². The average Bonchev–Trinajstić information content (AvgIpc) is 3.23. The molecule has 1 aromatic carbocycles. The van der Waals surface area contributed by atoms with Gasteiger partial charge in [0.1, 0.15) is 0 Å². The Morgan fingerprint density at radius 2 is 1.95 bits per heavy atom. The van der Waals surface area contributed by atoms with Crippen LogP contribution in [0.15, 0.2) is 24.3 Å². The van der Waals surface area contributed by atoms with E-state index in [0.29, 0.717) is 30.7 Å². The van der Waals surface area contributed by atoms with Crippen molar-refractivity contribution in [3.8, 4) is 0 Å². The van der Waals surface area contributed by atoms with Gasteiger partial charge in [-0.1, -0.05) is 23.7 Å². The van der Waals surface area contributed by atoms with Crippen LogP contribution in [0.2, 0.25) is 5.02 Å². The van der Waals surface area contributed by atoms with Crippen LogP contribution in [0.1, 0.15) is 25.3 Å². The fraction of sp³-hybridized carbons (Fsp3) is 0.467. The van der Waals surface area contributed by atoms with Gasteiger partial charge >= 0.3 is 6.03 Å². The van der Waals surface area contributed by atoms with E-state index in [-0.39, 0.29) is 11.9 Å². The van der Waals surface area contributed by atoms with Gasteiger partial charge in [-0.25, -0.2) is 4.79 Å². The van der Waals surface area contributed by atoms with E-state index in [2.05, 4.69) is 10.6 Å². The Labute approximate surface area is 129 Å². The van der Waals surface area contributed by atoms with Crippen LogP contribution in [-0.2, 0) is 11.3 Å². The van der Waals surface area contributed by atoms with E-state index in [1.165, 1.54) is 6.92 Å². The number of carbonyl (C=O) groups is 2. The standard InChI is InChI=1S/C15H20ClN3O2/c1-11(20)19(10-12-2-4-13(16)5-3-12)9-8-17-15(21)18-14-6-7-14/h2-5,14H,6-10H2,1H3,(H2,17,18,21). The van der Waals surface area contributed by atoms with Crippen molar-refractivity contribution in [3.05, 3.63) is 34.9 Å². The quantitative estimate of drug-likeness (QED) is 0.846.